The molecule has 0 spiro atoms. The van der Waals surface area contributed by atoms with Gasteiger partial charge in [-0.05, 0) is 36.8 Å². The summed E-state index contributed by atoms with van der Waals surface area (Å²) in [4.78, 5) is 21.6. The number of hydrogen-bond acceptors (Lipinski definition) is 5. The molecule has 0 aliphatic carbocycles. The van der Waals surface area contributed by atoms with Crippen molar-refractivity contribution in [2.45, 2.75) is 13.0 Å². The number of aliphatic hydroxyl groups is 1. The van der Waals surface area contributed by atoms with E-state index >= 15 is 0 Å². The summed E-state index contributed by atoms with van der Waals surface area (Å²) in [6.45, 7) is 1.88. The van der Waals surface area contributed by atoms with E-state index in [0.717, 1.165) is 5.69 Å². The van der Waals surface area contributed by atoms with Crippen molar-refractivity contribution in [2.24, 2.45) is 0 Å². The first kappa shape index (κ1) is 17.5. The van der Waals surface area contributed by atoms with Crippen molar-refractivity contribution in [1.82, 2.24) is 15.3 Å². The van der Waals surface area contributed by atoms with Gasteiger partial charge in [0.15, 0.2) is 0 Å². The number of halogens is 1. The molecule has 0 saturated heterocycles. The summed E-state index contributed by atoms with van der Waals surface area (Å²) in [5, 5.41) is 14.2. The highest BCUT2D eigenvalue weighted by Crippen LogP contribution is 2.26. The lowest BCUT2D eigenvalue weighted by molar-refractivity contribution is 0.0919. The highest BCUT2D eigenvalue weighted by atomic mass is 35.5. The first-order chi connectivity index (χ1) is 12.0. The number of amides is 1. The average Bonchev–Trinajstić information content (AvgIpc) is 3.02. The Morgan fingerprint density at radius 3 is 2.88 bits per heavy atom. The van der Waals surface area contributed by atoms with Gasteiger partial charge in [-0.3, -0.25) is 9.78 Å². The maximum atomic E-state index is 12.4. The number of nitrogens with one attached hydrogen (secondary N) is 1. The fraction of sp³-hybridized carbons (Fsp3) is 0.167. The fourth-order valence-corrected chi connectivity index (χ4v) is 3.47. The predicted octanol–water partition coefficient (Wildman–Crippen LogP) is 3.63. The Hall–Kier alpha value is -2.28. The maximum Gasteiger partial charge on any atom is 0.263 e. The Morgan fingerprint density at radius 1 is 1.32 bits per heavy atom. The number of benzene rings is 1. The van der Waals surface area contributed by atoms with Crippen LogP contribution in [-0.2, 0) is 0 Å². The Balaban J connectivity index is 1.68. The summed E-state index contributed by atoms with van der Waals surface area (Å²) >= 11 is 7.20. The number of carbonyl (C=O) groups is 1. The Morgan fingerprint density at radius 2 is 2.16 bits per heavy atom. The zero-order chi connectivity index (χ0) is 17.8. The molecule has 1 aromatic carbocycles. The molecule has 0 fully saturated rings. The molecule has 7 heteroatoms. The molecule has 0 unspecified atom stereocenters. The van der Waals surface area contributed by atoms with E-state index in [-0.39, 0.29) is 12.5 Å². The van der Waals surface area contributed by atoms with Crippen molar-refractivity contribution in [3.63, 3.8) is 0 Å². The summed E-state index contributed by atoms with van der Waals surface area (Å²) in [5.41, 5.74) is 2.03. The van der Waals surface area contributed by atoms with Crippen LogP contribution in [0.15, 0.2) is 48.7 Å². The van der Waals surface area contributed by atoms with Crippen LogP contribution in [0.25, 0.3) is 10.7 Å². The quantitative estimate of drug-likeness (QED) is 0.716. The van der Waals surface area contributed by atoms with Crippen LogP contribution in [0.3, 0.4) is 0 Å². The molecule has 0 aliphatic rings. The van der Waals surface area contributed by atoms with Crippen molar-refractivity contribution in [3.05, 3.63) is 69.8 Å². The smallest absolute Gasteiger partial charge is 0.263 e. The first-order valence-electron chi connectivity index (χ1n) is 7.65. The topological polar surface area (TPSA) is 75.1 Å². The molecule has 1 amide bonds. The van der Waals surface area contributed by atoms with Gasteiger partial charge in [0.2, 0.25) is 0 Å². The predicted molar refractivity (Wildman–Crippen MR) is 98.8 cm³/mol. The molecule has 0 radical (unpaired) electrons. The third kappa shape index (κ3) is 4.22. The maximum absolute atomic E-state index is 12.4. The third-order valence-corrected chi connectivity index (χ3v) is 4.99. The van der Waals surface area contributed by atoms with Gasteiger partial charge in [0.1, 0.15) is 9.88 Å². The Kier molecular flexibility index (Phi) is 5.43. The van der Waals surface area contributed by atoms with E-state index < -0.39 is 6.10 Å². The van der Waals surface area contributed by atoms with Crippen LogP contribution in [0, 0.1) is 6.92 Å². The summed E-state index contributed by atoms with van der Waals surface area (Å²) in [6, 6.07) is 12.5. The number of aliphatic hydroxyl groups excluding tert-OH is 1. The van der Waals surface area contributed by atoms with Crippen LogP contribution >= 0.6 is 22.9 Å². The minimum atomic E-state index is -0.828. The van der Waals surface area contributed by atoms with Crippen molar-refractivity contribution < 1.29 is 9.90 Å². The normalized spacial score (nSPS) is 12.0. The van der Waals surface area contributed by atoms with Crippen LogP contribution in [0.2, 0.25) is 5.02 Å². The molecule has 0 aliphatic heterocycles. The van der Waals surface area contributed by atoms with Gasteiger partial charge in [-0.2, -0.15) is 0 Å². The second-order valence-electron chi connectivity index (χ2n) is 5.43. The molecule has 3 aromatic rings. The second kappa shape index (κ2) is 7.74. The van der Waals surface area contributed by atoms with E-state index in [2.05, 4.69) is 15.3 Å². The number of nitrogens with zero attached hydrogens (tertiary/aromatic N) is 2. The fourth-order valence-electron chi connectivity index (χ4n) is 2.31. The number of pyridine rings is 1. The molecule has 0 saturated carbocycles. The van der Waals surface area contributed by atoms with Crippen molar-refractivity contribution in [3.8, 4) is 10.7 Å². The Labute approximate surface area is 154 Å². The van der Waals surface area contributed by atoms with Crippen LogP contribution in [0.1, 0.15) is 27.0 Å². The van der Waals surface area contributed by atoms with E-state index in [1.165, 1.54) is 11.3 Å². The lowest BCUT2D eigenvalue weighted by Gasteiger charge is -2.12. The summed E-state index contributed by atoms with van der Waals surface area (Å²) < 4.78 is 0. The molecule has 2 N–H and O–H groups in total. The molecule has 5 nitrogen and oxygen atoms in total. The van der Waals surface area contributed by atoms with Gasteiger partial charge in [-0.25, -0.2) is 4.98 Å². The van der Waals surface area contributed by atoms with Gasteiger partial charge in [0.25, 0.3) is 5.91 Å². The SMILES string of the molecule is Cc1nc(-c2ccccn2)sc1C(=O)NC[C@@H](O)c1cccc(Cl)c1. The van der Waals surface area contributed by atoms with Crippen LogP contribution in [0.4, 0.5) is 0 Å². The molecule has 3 rings (SSSR count). The van der Waals surface area contributed by atoms with Crippen LogP contribution in [0.5, 0.6) is 0 Å². The minimum Gasteiger partial charge on any atom is -0.387 e. The number of aryl methyl sites for hydroxylation is 1. The highest BCUT2D eigenvalue weighted by molar-refractivity contribution is 7.17. The highest BCUT2D eigenvalue weighted by Gasteiger charge is 2.18. The van der Waals surface area contributed by atoms with Crippen molar-refractivity contribution >= 4 is 28.8 Å². The molecule has 1 atom stereocenters. The second-order valence-corrected chi connectivity index (χ2v) is 6.86. The monoisotopic (exact) mass is 373 g/mol. The number of aromatic nitrogens is 2. The van der Waals surface area contributed by atoms with Gasteiger partial charge >= 0.3 is 0 Å². The third-order valence-electron chi connectivity index (χ3n) is 3.58. The van der Waals surface area contributed by atoms with Gasteiger partial charge in [-0.15, -0.1) is 11.3 Å². The van der Waals surface area contributed by atoms with Gasteiger partial charge in [0, 0.05) is 17.8 Å². The Bertz CT molecular complexity index is 883. The van der Waals surface area contributed by atoms with Gasteiger partial charge in [-0.1, -0.05) is 29.8 Å². The lowest BCUT2D eigenvalue weighted by Crippen LogP contribution is -2.28. The van der Waals surface area contributed by atoms with Crippen LogP contribution < -0.4 is 5.32 Å². The lowest BCUT2D eigenvalue weighted by atomic mass is 10.1. The summed E-state index contributed by atoms with van der Waals surface area (Å²) in [5.74, 6) is -0.266. The standard InChI is InChI=1S/C18H16ClN3O2S/c1-11-16(25-18(22-11)14-7-2-3-8-20-14)17(24)21-10-15(23)12-5-4-6-13(19)9-12/h2-9,15,23H,10H2,1H3,(H,21,24)/t15-/m1/s1. The van der Waals surface area contributed by atoms with Crippen molar-refractivity contribution in [2.75, 3.05) is 6.54 Å². The molecule has 2 aromatic heterocycles. The first-order valence-corrected chi connectivity index (χ1v) is 8.84. The number of thiazole rings is 1. The van der Waals surface area contributed by atoms with E-state index in [0.29, 0.717) is 26.2 Å². The number of hydrogen-bond donors (Lipinski definition) is 2. The number of rotatable bonds is 5. The number of carbonyl (C=O) groups excluding carboxylic acids is 1. The van der Waals surface area contributed by atoms with Crippen LogP contribution in [-0.4, -0.2) is 27.5 Å². The minimum absolute atomic E-state index is 0.0927. The molecule has 0 bridgehead atoms. The zero-order valence-electron chi connectivity index (χ0n) is 13.4. The molecule has 2 heterocycles. The molecule has 25 heavy (non-hydrogen) atoms. The average molecular weight is 374 g/mol. The van der Waals surface area contributed by atoms with E-state index in [1.54, 1.807) is 37.4 Å². The molecular weight excluding hydrogens is 358 g/mol. The largest absolute Gasteiger partial charge is 0.387 e. The van der Waals surface area contributed by atoms with E-state index in [1.807, 2.05) is 18.2 Å². The molecular formula is C18H16ClN3O2S. The zero-order valence-corrected chi connectivity index (χ0v) is 15.0. The summed E-state index contributed by atoms with van der Waals surface area (Å²) in [7, 11) is 0. The van der Waals surface area contributed by atoms with E-state index in [9.17, 15) is 9.90 Å². The van der Waals surface area contributed by atoms with Gasteiger partial charge < -0.3 is 10.4 Å². The van der Waals surface area contributed by atoms with E-state index in [4.69, 9.17) is 11.6 Å². The summed E-state index contributed by atoms with van der Waals surface area (Å²) in [6.07, 6.45) is 0.860. The van der Waals surface area contributed by atoms with Crippen molar-refractivity contribution in [1.29, 1.82) is 0 Å². The van der Waals surface area contributed by atoms with Gasteiger partial charge in [0.05, 0.1) is 17.5 Å². The molecule has 128 valence electrons.